The zero-order chi connectivity index (χ0) is 19.9. The topological polar surface area (TPSA) is 32.3 Å². The van der Waals surface area contributed by atoms with Crippen LogP contribution in [0.1, 0.15) is 47.6 Å². The molecule has 28 heavy (non-hydrogen) atoms. The number of nitrogens with one attached hydrogen (secondary N) is 1. The number of benzene rings is 2. The van der Waals surface area contributed by atoms with Gasteiger partial charge in [-0.3, -0.25) is 9.69 Å². The minimum atomic E-state index is -0.268. The maximum atomic E-state index is 13.3. The molecule has 0 radical (unpaired) electrons. The molecule has 0 aromatic heterocycles. The second kappa shape index (κ2) is 7.87. The summed E-state index contributed by atoms with van der Waals surface area (Å²) in [7, 11) is 2.18. The van der Waals surface area contributed by atoms with Gasteiger partial charge in [0.15, 0.2) is 0 Å². The van der Waals surface area contributed by atoms with Crippen LogP contribution in [0.15, 0.2) is 42.5 Å². The summed E-state index contributed by atoms with van der Waals surface area (Å²) in [5, 5.41) is 4.21. The lowest BCUT2D eigenvalue weighted by atomic mass is 9.66. The molecule has 2 bridgehead atoms. The average Bonchev–Trinajstić information content (AvgIpc) is 2.67. The van der Waals surface area contributed by atoms with E-state index in [0.717, 1.165) is 30.9 Å². The predicted octanol–water partition coefficient (Wildman–Crippen LogP) is 5.99. The van der Waals surface area contributed by atoms with E-state index in [1.807, 2.05) is 18.2 Å². The number of rotatable bonds is 4. The van der Waals surface area contributed by atoms with Crippen LogP contribution in [-0.4, -0.2) is 29.9 Å². The SMILES string of the molecule is CN1CC2CCC1(C(NC(=O)c1c(Cl)cc(Cl)cc1Cl)c1ccccc1)CC2. The lowest BCUT2D eigenvalue weighted by molar-refractivity contribution is -0.0404. The monoisotopic (exact) mass is 436 g/mol. The van der Waals surface area contributed by atoms with Crippen molar-refractivity contribution in [3.63, 3.8) is 0 Å². The molecule has 1 amide bonds. The molecule has 2 aromatic carbocycles. The molecule has 2 aliphatic heterocycles. The average molecular weight is 438 g/mol. The van der Waals surface area contributed by atoms with E-state index < -0.39 is 0 Å². The molecule has 6 heteroatoms. The highest BCUT2D eigenvalue weighted by Gasteiger charge is 2.50. The van der Waals surface area contributed by atoms with Gasteiger partial charge in [-0.05, 0) is 56.3 Å². The Balaban J connectivity index is 1.72. The van der Waals surface area contributed by atoms with Crippen LogP contribution in [0.5, 0.6) is 0 Å². The van der Waals surface area contributed by atoms with Crippen molar-refractivity contribution in [2.75, 3.05) is 13.6 Å². The Morgan fingerprint density at radius 2 is 1.71 bits per heavy atom. The van der Waals surface area contributed by atoms with Gasteiger partial charge in [-0.25, -0.2) is 0 Å². The van der Waals surface area contributed by atoms with Gasteiger partial charge < -0.3 is 5.32 Å². The van der Waals surface area contributed by atoms with Crippen LogP contribution in [0.3, 0.4) is 0 Å². The van der Waals surface area contributed by atoms with E-state index >= 15 is 0 Å². The molecule has 1 saturated carbocycles. The second-order valence-corrected chi connectivity index (χ2v) is 9.24. The molecule has 1 unspecified atom stereocenters. The lowest BCUT2D eigenvalue weighted by Gasteiger charge is -2.57. The van der Waals surface area contributed by atoms with Crippen molar-refractivity contribution in [3.05, 3.63) is 68.7 Å². The highest BCUT2D eigenvalue weighted by atomic mass is 35.5. The summed E-state index contributed by atoms with van der Waals surface area (Å²) in [6, 6.07) is 13.2. The highest BCUT2D eigenvalue weighted by molar-refractivity contribution is 6.42. The zero-order valence-electron chi connectivity index (χ0n) is 15.7. The Labute approximate surface area is 181 Å². The van der Waals surface area contributed by atoms with Crippen LogP contribution < -0.4 is 5.32 Å². The summed E-state index contributed by atoms with van der Waals surface area (Å²) in [4.78, 5) is 15.7. The summed E-state index contributed by atoms with van der Waals surface area (Å²) in [6.45, 7) is 1.07. The number of carbonyl (C=O) groups is 1. The first kappa shape index (κ1) is 20.0. The van der Waals surface area contributed by atoms with Crippen LogP contribution >= 0.6 is 34.8 Å². The number of fused-ring (bicyclic) bond motifs is 3. The molecule has 5 rings (SSSR count). The van der Waals surface area contributed by atoms with Crippen LogP contribution in [0.2, 0.25) is 15.1 Å². The van der Waals surface area contributed by atoms with E-state index in [2.05, 4.69) is 29.4 Å². The number of hydrogen-bond donors (Lipinski definition) is 1. The molecular weight excluding hydrogens is 415 g/mol. The van der Waals surface area contributed by atoms with Crippen molar-refractivity contribution < 1.29 is 4.79 Å². The van der Waals surface area contributed by atoms with E-state index in [4.69, 9.17) is 34.8 Å². The molecular formula is C22H23Cl3N2O. The molecule has 2 aromatic rings. The summed E-state index contributed by atoms with van der Waals surface area (Å²) in [5.74, 6) is 0.496. The van der Waals surface area contributed by atoms with Crippen LogP contribution in [0, 0.1) is 5.92 Å². The van der Waals surface area contributed by atoms with Gasteiger partial charge in [0.1, 0.15) is 0 Å². The highest BCUT2D eigenvalue weighted by Crippen LogP contribution is 2.49. The Morgan fingerprint density at radius 3 is 2.29 bits per heavy atom. The summed E-state index contributed by atoms with van der Waals surface area (Å²) >= 11 is 18.6. The third-order valence-electron chi connectivity index (χ3n) is 6.44. The number of halogens is 3. The van der Waals surface area contributed by atoms with Gasteiger partial charge in [-0.15, -0.1) is 0 Å². The van der Waals surface area contributed by atoms with Gasteiger partial charge >= 0.3 is 0 Å². The van der Waals surface area contributed by atoms with Gasteiger partial charge in [0.25, 0.3) is 5.91 Å². The smallest absolute Gasteiger partial charge is 0.254 e. The first-order valence-electron chi connectivity index (χ1n) is 9.62. The fourth-order valence-electron chi connectivity index (χ4n) is 4.96. The maximum absolute atomic E-state index is 13.3. The van der Waals surface area contributed by atoms with Gasteiger partial charge in [-0.1, -0.05) is 65.1 Å². The summed E-state index contributed by atoms with van der Waals surface area (Å²) < 4.78 is 0. The van der Waals surface area contributed by atoms with Crippen LogP contribution in [-0.2, 0) is 0 Å². The third kappa shape index (κ3) is 3.54. The summed E-state index contributed by atoms with van der Waals surface area (Å²) in [5.41, 5.74) is 1.28. The number of piperidine rings is 2. The Kier molecular flexibility index (Phi) is 5.63. The molecule has 2 heterocycles. The first-order valence-corrected chi connectivity index (χ1v) is 10.8. The molecule has 3 fully saturated rings. The molecule has 148 valence electrons. The number of carbonyl (C=O) groups excluding carboxylic acids is 1. The van der Waals surface area contributed by atoms with Gasteiger partial charge in [-0.2, -0.15) is 0 Å². The molecule has 3 nitrogen and oxygen atoms in total. The standard InChI is InChI=1S/C22H23Cl3N2O/c1-27-13-14-7-9-22(27,10-8-14)20(15-5-3-2-4-6-15)26-21(28)19-17(24)11-16(23)12-18(19)25/h2-6,11-12,14,20H,7-10,13H2,1H3,(H,26,28). The molecule has 0 spiro atoms. The molecule has 1 atom stereocenters. The minimum absolute atomic E-state index is 0.100. The maximum Gasteiger partial charge on any atom is 0.254 e. The van der Waals surface area contributed by atoms with E-state index in [9.17, 15) is 4.79 Å². The summed E-state index contributed by atoms with van der Waals surface area (Å²) in [6.07, 6.45) is 4.53. The fraction of sp³-hybridized carbons (Fsp3) is 0.409. The number of nitrogens with zero attached hydrogens (tertiary/aromatic N) is 1. The largest absolute Gasteiger partial charge is 0.343 e. The number of likely N-dealkylation sites (N-methyl/N-ethyl adjacent to an activating group) is 1. The van der Waals surface area contributed by atoms with Crippen LogP contribution in [0.25, 0.3) is 0 Å². The Morgan fingerprint density at radius 1 is 1.11 bits per heavy atom. The van der Waals surface area contributed by atoms with Crippen LogP contribution in [0.4, 0.5) is 0 Å². The van der Waals surface area contributed by atoms with Gasteiger partial charge in [0.2, 0.25) is 0 Å². The normalized spacial score (nSPS) is 25.5. The van der Waals surface area contributed by atoms with E-state index in [0.29, 0.717) is 5.02 Å². The zero-order valence-corrected chi connectivity index (χ0v) is 18.0. The van der Waals surface area contributed by atoms with Crippen molar-refractivity contribution >= 4 is 40.7 Å². The third-order valence-corrected chi connectivity index (χ3v) is 7.26. The van der Waals surface area contributed by atoms with Crippen molar-refractivity contribution in [2.45, 2.75) is 37.3 Å². The molecule has 2 saturated heterocycles. The fourth-order valence-corrected chi connectivity index (χ4v) is 5.94. The van der Waals surface area contributed by atoms with Crippen molar-refractivity contribution in [2.24, 2.45) is 5.92 Å². The second-order valence-electron chi connectivity index (χ2n) is 7.99. The van der Waals surface area contributed by atoms with Crippen molar-refractivity contribution in [1.82, 2.24) is 10.2 Å². The van der Waals surface area contributed by atoms with E-state index in [-0.39, 0.29) is 33.1 Å². The van der Waals surface area contributed by atoms with Crippen molar-refractivity contribution in [3.8, 4) is 0 Å². The quantitative estimate of drug-likeness (QED) is 0.637. The Bertz CT molecular complexity index is 856. The van der Waals surface area contributed by atoms with Gasteiger partial charge in [0.05, 0.1) is 21.7 Å². The molecule has 1 aliphatic carbocycles. The lowest BCUT2D eigenvalue weighted by Crippen LogP contribution is -2.62. The first-order chi connectivity index (χ1) is 13.4. The minimum Gasteiger partial charge on any atom is -0.343 e. The van der Waals surface area contributed by atoms with Gasteiger partial charge in [0, 0.05) is 17.1 Å². The molecule has 1 N–H and O–H groups in total. The predicted molar refractivity (Wildman–Crippen MR) is 115 cm³/mol. The van der Waals surface area contributed by atoms with Crippen molar-refractivity contribution in [1.29, 1.82) is 0 Å². The van der Waals surface area contributed by atoms with E-state index in [1.165, 1.54) is 12.8 Å². The number of amides is 1. The van der Waals surface area contributed by atoms with E-state index in [1.54, 1.807) is 12.1 Å². The molecule has 3 aliphatic rings. The number of hydrogen-bond acceptors (Lipinski definition) is 2. The Hall–Kier alpha value is -1.26.